The van der Waals surface area contributed by atoms with Crippen molar-refractivity contribution in [1.82, 2.24) is 10.2 Å². The molecule has 2 amide bonds. The van der Waals surface area contributed by atoms with E-state index in [0.717, 1.165) is 41.9 Å². The molecule has 5 rings (SSSR count). The van der Waals surface area contributed by atoms with Crippen LogP contribution < -0.4 is 14.8 Å². The van der Waals surface area contributed by atoms with Gasteiger partial charge < -0.3 is 19.7 Å². The molecule has 0 saturated heterocycles. The largest absolute Gasteiger partial charge is 0.486 e. The number of nitrogens with one attached hydrogen (secondary N) is 1. The minimum Gasteiger partial charge on any atom is -0.486 e. The Labute approximate surface area is 192 Å². The number of aryl methyl sites for hydroxylation is 2. The SMILES string of the molecule is CCc1sc(C(=O)NCC(=O)N2Cc3cc4c(cc3C3(CCCC3)C2)OCCO4)cc1C. The van der Waals surface area contributed by atoms with E-state index < -0.39 is 0 Å². The maximum absolute atomic E-state index is 13.2. The van der Waals surface area contributed by atoms with Crippen LogP contribution >= 0.6 is 11.3 Å². The zero-order valence-corrected chi connectivity index (χ0v) is 19.6. The number of nitrogens with zero attached hydrogens (tertiary/aromatic N) is 1. The number of hydrogen-bond donors (Lipinski definition) is 1. The molecule has 1 aliphatic carbocycles. The lowest BCUT2D eigenvalue weighted by molar-refractivity contribution is -0.132. The summed E-state index contributed by atoms with van der Waals surface area (Å²) in [5.41, 5.74) is 3.57. The van der Waals surface area contributed by atoms with E-state index in [-0.39, 0.29) is 23.8 Å². The van der Waals surface area contributed by atoms with Gasteiger partial charge in [0, 0.05) is 23.4 Å². The van der Waals surface area contributed by atoms with Gasteiger partial charge >= 0.3 is 0 Å². The maximum Gasteiger partial charge on any atom is 0.261 e. The van der Waals surface area contributed by atoms with E-state index in [1.54, 1.807) is 0 Å². The molecule has 1 aromatic heterocycles. The van der Waals surface area contributed by atoms with Crippen molar-refractivity contribution in [1.29, 1.82) is 0 Å². The molecule has 1 saturated carbocycles. The molecule has 32 heavy (non-hydrogen) atoms. The van der Waals surface area contributed by atoms with Gasteiger partial charge in [0.25, 0.3) is 5.91 Å². The summed E-state index contributed by atoms with van der Waals surface area (Å²) in [7, 11) is 0. The van der Waals surface area contributed by atoms with E-state index >= 15 is 0 Å². The molecule has 1 spiro atoms. The van der Waals surface area contributed by atoms with Crippen molar-refractivity contribution >= 4 is 23.2 Å². The topological polar surface area (TPSA) is 67.9 Å². The molecule has 1 fully saturated rings. The second-order valence-electron chi connectivity index (χ2n) is 9.14. The second kappa shape index (κ2) is 8.43. The number of thiophene rings is 1. The lowest BCUT2D eigenvalue weighted by atomic mass is 9.73. The van der Waals surface area contributed by atoms with Crippen molar-refractivity contribution in [3.63, 3.8) is 0 Å². The van der Waals surface area contributed by atoms with Gasteiger partial charge in [-0.3, -0.25) is 9.59 Å². The predicted molar refractivity (Wildman–Crippen MR) is 124 cm³/mol. The second-order valence-corrected chi connectivity index (χ2v) is 10.3. The summed E-state index contributed by atoms with van der Waals surface area (Å²) in [5.74, 6) is 1.39. The molecule has 2 aliphatic heterocycles. The van der Waals surface area contributed by atoms with Crippen LogP contribution in [0.4, 0.5) is 0 Å². The van der Waals surface area contributed by atoms with Crippen molar-refractivity contribution in [2.24, 2.45) is 0 Å². The Morgan fingerprint density at radius 1 is 1.12 bits per heavy atom. The number of fused-ring (bicyclic) bond motifs is 3. The Kier molecular flexibility index (Phi) is 5.61. The minimum absolute atomic E-state index is 0.0210. The standard InChI is InChI=1S/C25H30N2O4S/c1-3-21-16(2)10-22(32-21)24(29)26-13-23(28)27-14-17-11-19-20(31-9-8-30-19)12-18(17)25(15-27)6-4-5-7-25/h10-12H,3-9,13-15H2,1-2H3,(H,26,29). The highest BCUT2D eigenvalue weighted by Gasteiger charge is 2.43. The van der Waals surface area contributed by atoms with Crippen LogP contribution in [0.3, 0.4) is 0 Å². The zero-order valence-electron chi connectivity index (χ0n) is 18.8. The Morgan fingerprint density at radius 3 is 2.53 bits per heavy atom. The molecule has 6 nitrogen and oxygen atoms in total. The molecule has 3 heterocycles. The van der Waals surface area contributed by atoms with Gasteiger partial charge in [-0.2, -0.15) is 0 Å². The predicted octanol–water partition coefficient (Wildman–Crippen LogP) is 3.97. The molecule has 1 N–H and O–H groups in total. The van der Waals surface area contributed by atoms with Crippen LogP contribution in [0, 0.1) is 6.92 Å². The van der Waals surface area contributed by atoms with Gasteiger partial charge in [0.05, 0.1) is 11.4 Å². The number of ether oxygens (including phenoxy) is 2. The molecular formula is C25H30N2O4S. The lowest BCUT2D eigenvalue weighted by Crippen LogP contribution is -2.49. The molecule has 7 heteroatoms. The van der Waals surface area contributed by atoms with Gasteiger partial charge in [0.2, 0.25) is 5.91 Å². The molecule has 3 aliphatic rings. The first-order chi connectivity index (χ1) is 15.5. The van der Waals surface area contributed by atoms with Gasteiger partial charge in [-0.15, -0.1) is 11.3 Å². The summed E-state index contributed by atoms with van der Waals surface area (Å²) in [6.45, 7) is 6.50. The molecule has 0 bridgehead atoms. The van der Waals surface area contributed by atoms with Gasteiger partial charge in [-0.25, -0.2) is 0 Å². The number of benzene rings is 1. The van der Waals surface area contributed by atoms with Crippen LogP contribution in [-0.4, -0.2) is 43.0 Å². The normalized spacial score (nSPS) is 18.5. The highest BCUT2D eigenvalue weighted by Crippen LogP contribution is 2.49. The quantitative estimate of drug-likeness (QED) is 0.759. The summed E-state index contributed by atoms with van der Waals surface area (Å²) >= 11 is 1.51. The van der Waals surface area contributed by atoms with Gasteiger partial charge in [0.1, 0.15) is 13.2 Å². The molecule has 2 aromatic rings. The average molecular weight is 455 g/mol. The molecule has 0 radical (unpaired) electrons. The van der Waals surface area contributed by atoms with Gasteiger partial charge in [-0.1, -0.05) is 19.8 Å². The van der Waals surface area contributed by atoms with E-state index in [0.29, 0.717) is 31.2 Å². The first-order valence-corrected chi connectivity index (χ1v) is 12.4. The van der Waals surface area contributed by atoms with Crippen molar-refractivity contribution in [3.8, 4) is 11.5 Å². The Bertz CT molecular complexity index is 1050. The molecule has 0 unspecified atom stereocenters. The van der Waals surface area contributed by atoms with E-state index in [2.05, 4.69) is 24.4 Å². The van der Waals surface area contributed by atoms with E-state index in [4.69, 9.17) is 9.47 Å². The minimum atomic E-state index is -0.168. The van der Waals surface area contributed by atoms with E-state index in [1.807, 2.05) is 17.9 Å². The molecule has 1 aromatic carbocycles. The summed E-state index contributed by atoms with van der Waals surface area (Å²) in [6, 6.07) is 6.13. The number of carbonyl (C=O) groups excluding carboxylic acids is 2. The zero-order chi connectivity index (χ0) is 22.3. The van der Waals surface area contributed by atoms with Crippen LogP contribution in [0.2, 0.25) is 0 Å². The van der Waals surface area contributed by atoms with Gasteiger partial charge in [-0.05, 0) is 61.1 Å². The number of carbonyl (C=O) groups is 2. The summed E-state index contributed by atoms with van der Waals surface area (Å²) in [5, 5.41) is 2.85. The van der Waals surface area contributed by atoms with Gasteiger partial charge in [0.15, 0.2) is 11.5 Å². The maximum atomic E-state index is 13.2. The third kappa shape index (κ3) is 3.76. The summed E-state index contributed by atoms with van der Waals surface area (Å²) < 4.78 is 11.6. The summed E-state index contributed by atoms with van der Waals surface area (Å²) in [4.78, 5) is 29.6. The first kappa shape index (κ1) is 21.3. The number of amides is 2. The van der Waals surface area contributed by atoms with Crippen molar-refractivity contribution in [2.75, 3.05) is 26.3 Å². The van der Waals surface area contributed by atoms with E-state index in [1.165, 1.54) is 34.6 Å². The van der Waals surface area contributed by atoms with Crippen LogP contribution in [0.25, 0.3) is 0 Å². The highest BCUT2D eigenvalue weighted by atomic mass is 32.1. The third-order valence-electron chi connectivity index (χ3n) is 7.07. The highest BCUT2D eigenvalue weighted by molar-refractivity contribution is 7.14. The molecular weight excluding hydrogens is 424 g/mol. The summed E-state index contributed by atoms with van der Waals surface area (Å²) in [6.07, 6.45) is 5.40. The van der Waals surface area contributed by atoms with E-state index in [9.17, 15) is 9.59 Å². The Balaban J connectivity index is 1.33. The van der Waals surface area contributed by atoms with Crippen molar-refractivity contribution < 1.29 is 19.1 Å². The Morgan fingerprint density at radius 2 is 1.84 bits per heavy atom. The monoisotopic (exact) mass is 454 g/mol. The molecule has 0 atom stereocenters. The van der Waals surface area contributed by atoms with Crippen LogP contribution in [0.15, 0.2) is 18.2 Å². The van der Waals surface area contributed by atoms with Crippen LogP contribution in [0.5, 0.6) is 11.5 Å². The van der Waals surface area contributed by atoms with Crippen LogP contribution in [0.1, 0.15) is 63.8 Å². The fraction of sp³-hybridized carbons (Fsp3) is 0.520. The smallest absolute Gasteiger partial charge is 0.261 e. The van der Waals surface area contributed by atoms with Crippen molar-refractivity contribution in [2.45, 2.75) is 57.9 Å². The van der Waals surface area contributed by atoms with Crippen LogP contribution in [-0.2, 0) is 23.2 Å². The number of hydrogen-bond acceptors (Lipinski definition) is 5. The average Bonchev–Trinajstić information content (AvgIpc) is 3.42. The first-order valence-electron chi connectivity index (χ1n) is 11.6. The third-order valence-corrected chi connectivity index (χ3v) is 8.45. The molecule has 170 valence electrons. The number of rotatable bonds is 4. The van der Waals surface area contributed by atoms with Crippen molar-refractivity contribution in [3.05, 3.63) is 44.6 Å². The fourth-order valence-corrected chi connectivity index (χ4v) is 6.49. The fourth-order valence-electron chi connectivity index (χ4n) is 5.46. The lowest BCUT2D eigenvalue weighted by Gasteiger charge is -2.43. The Hall–Kier alpha value is -2.54.